The summed E-state index contributed by atoms with van der Waals surface area (Å²) in [6.07, 6.45) is -0.262. The van der Waals surface area contributed by atoms with E-state index >= 15 is 0 Å². The number of ketones is 1. The van der Waals surface area contributed by atoms with Crippen molar-refractivity contribution < 1.29 is 27.3 Å². The minimum absolute atomic E-state index is 0.0885. The van der Waals surface area contributed by atoms with Crippen LogP contribution in [0.2, 0.25) is 0 Å². The number of benzene rings is 4. The second-order valence-electron chi connectivity index (χ2n) is 12.1. The minimum Gasteiger partial charge on any atom is -0.331 e. The van der Waals surface area contributed by atoms with Crippen molar-refractivity contribution in [2.45, 2.75) is 39.2 Å². The van der Waals surface area contributed by atoms with E-state index in [0.717, 1.165) is 32.1 Å². The third-order valence-electron chi connectivity index (χ3n) is 8.30. The Bertz CT molecular complexity index is 2290. The Morgan fingerprint density at radius 2 is 1.47 bits per heavy atom. The van der Waals surface area contributed by atoms with Gasteiger partial charge in [0.25, 0.3) is 5.91 Å². The third-order valence-corrected chi connectivity index (χ3v) is 8.82. The van der Waals surface area contributed by atoms with Crippen LogP contribution in [-0.4, -0.2) is 44.1 Å². The zero-order chi connectivity index (χ0) is 38.0. The largest absolute Gasteiger partial charge is 0.449 e. The Balaban J connectivity index is 0.000000705. The molecule has 0 aliphatic carbocycles. The summed E-state index contributed by atoms with van der Waals surface area (Å²) in [6.45, 7) is 2.44. The summed E-state index contributed by atoms with van der Waals surface area (Å²) in [6, 6.07) is 37.3. The molecule has 6 rings (SSSR count). The Labute approximate surface area is 312 Å². The number of carbonyl (C=O) groups is 2. The second-order valence-corrected chi connectivity index (χ2v) is 13.0. The van der Waals surface area contributed by atoms with Gasteiger partial charge in [-0.1, -0.05) is 52.3 Å². The van der Waals surface area contributed by atoms with Crippen LogP contribution in [0.5, 0.6) is 0 Å². The maximum absolute atomic E-state index is 14.2. The van der Waals surface area contributed by atoms with Gasteiger partial charge < -0.3 is 9.47 Å². The minimum atomic E-state index is -4.64. The van der Waals surface area contributed by atoms with Gasteiger partial charge in [-0.15, -0.1) is 10.2 Å². The zero-order valence-corrected chi connectivity index (χ0v) is 30.1. The fourth-order valence-electron chi connectivity index (χ4n) is 5.37. The molecular weight excluding hydrogens is 747 g/mol. The van der Waals surface area contributed by atoms with E-state index in [0.29, 0.717) is 55.5 Å². The molecule has 13 heteroatoms. The van der Waals surface area contributed by atoms with E-state index in [-0.39, 0.29) is 12.5 Å². The molecule has 0 fully saturated rings. The topological polar surface area (TPSA) is 120 Å². The molecule has 2 aromatic heterocycles. The van der Waals surface area contributed by atoms with Gasteiger partial charge >= 0.3 is 6.18 Å². The quantitative estimate of drug-likeness (QED) is 0.134. The summed E-state index contributed by atoms with van der Waals surface area (Å²) >= 11 is 3.50. The average molecular weight is 780 g/mol. The first kappa shape index (κ1) is 38.1. The molecule has 53 heavy (non-hydrogen) atoms. The molecular formula is C40H32BrF3N7O2+. The number of hydrogen-bond donors (Lipinski definition) is 0. The number of alkyl halides is 3. The Morgan fingerprint density at radius 1 is 0.868 bits per heavy atom. The highest BCUT2D eigenvalue weighted by atomic mass is 79.9. The number of amides is 1. The highest BCUT2D eigenvalue weighted by molar-refractivity contribution is 9.10. The van der Waals surface area contributed by atoms with Crippen LogP contribution in [0.1, 0.15) is 50.9 Å². The van der Waals surface area contributed by atoms with Gasteiger partial charge in [0.2, 0.25) is 11.3 Å². The fraction of sp³-hybridized carbons (Fsp3) is 0.175. The maximum atomic E-state index is 14.2. The zero-order valence-electron chi connectivity index (χ0n) is 28.5. The number of halogens is 4. The molecule has 4 aromatic carbocycles. The van der Waals surface area contributed by atoms with Crippen molar-refractivity contribution in [3.05, 3.63) is 159 Å². The molecule has 0 N–H and O–H groups in total. The van der Waals surface area contributed by atoms with Crippen LogP contribution in [0.25, 0.3) is 10.9 Å². The molecule has 1 amide bonds. The van der Waals surface area contributed by atoms with Gasteiger partial charge in [0, 0.05) is 46.6 Å². The van der Waals surface area contributed by atoms with Crippen LogP contribution >= 0.6 is 15.9 Å². The highest BCUT2D eigenvalue weighted by Gasteiger charge is 2.33. The number of carbonyl (C=O) groups excluding carboxylic acids is 2. The fourth-order valence-corrected chi connectivity index (χ4v) is 5.63. The standard InChI is InChI=1S/C37H29BrN7O.C3H3F3O/c38-34-14-11-27(12-15-34)17-19-44(25-36-42-41-26-45(36)24-31-9-5-29(22-40)6-10-31)37(46)33-13-16-35-32(20-33)2-1-18-43(35)23-30-7-3-28(21-39)4-8-30;1-2(7)3(4,5)6/h1-16,18,20,26H,17,19,23-25H2;1H3/q+1;. The SMILES string of the molecule is CC(=O)C(F)(F)F.N#Cc1ccc(Cn2cnnc2CN(CCc2ccc(Br)cc2)C(=O)c2ccc3c(ccc[n+]3Cc3ccc(C#N)cc3)c2)cc1. The van der Waals surface area contributed by atoms with E-state index in [1.54, 1.807) is 18.5 Å². The summed E-state index contributed by atoms with van der Waals surface area (Å²) in [5.74, 6) is -1.17. The van der Waals surface area contributed by atoms with E-state index < -0.39 is 12.0 Å². The van der Waals surface area contributed by atoms with Crippen LogP contribution in [0, 0.1) is 22.7 Å². The predicted molar refractivity (Wildman–Crippen MR) is 194 cm³/mol. The number of aromatic nitrogens is 4. The molecule has 0 atom stereocenters. The van der Waals surface area contributed by atoms with Gasteiger partial charge in [-0.05, 0) is 72.1 Å². The van der Waals surface area contributed by atoms with Gasteiger partial charge in [-0.25, -0.2) is 0 Å². The first-order valence-electron chi connectivity index (χ1n) is 16.3. The van der Waals surface area contributed by atoms with Crippen LogP contribution in [-0.2, 0) is 30.8 Å². The number of rotatable bonds is 10. The van der Waals surface area contributed by atoms with Crippen LogP contribution in [0.15, 0.2) is 120 Å². The molecule has 9 nitrogen and oxygen atoms in total. The molecule has 0 saturated carbocycles. The van der Waals surface area contributed by atoms with Crippen molar-refractivity contribution in [1.29, 1.82) is 10.5 Å². The van der Waals surface area contributed by atoms with Gasteiger partial charge in [0.05, 0.1) is 36.4 Å². The summed E-state index contributed by atoms with van der Waals surface area (Å²) < 4.78 is 37.6. The third kappa shape index (κ3) is 10.4. The summed E-state index contributed by atoms with van der Waals surface area (Å²) in [5, 5.41) is 27.8. The summed E-state index contributed by atoms with van der Waals surface area (Å²) in [7, 11) is 0. The molecule has 0 aliphatic heterocycles. The molecule has 2 heterocycles. The number of Topliss-reactive ketones (excluding diaryl/α,β-unsaturated/α-hetero) is 1. The van der Waals surface area contributed by atoms with Crippen LogP contribution in [0.3, 0.4) is 0 Å². The molecule has 0 spiro atoms. The van der Waals surface area contributed by atoms with Gasteiger partial charge in [-0.3, -0.25) is 9.59 Å². The van der Waals surface area contributed by atoms with Crippen molar-refractivity contribution in [3.8, 4) is 12.1 Å². The van der Waals surface area contributed by atoms with Crippen molar-refractivity contribution in [2.75, 3.05) is 6.54 Å². The van der Waals surface area contributed by atoms with Crippen molar-refractivity contribution in [2.24, 2.45) is 0 Å². The monoisotopic (exact) mass is 778 g/mol. The highest BCUT2D eigenvalue weighted by Crippen LogP contribution is 2.19. The lowest BCUT2D eigenvalue weighted by molar-refractivity contribution is -0.662. The normalized spacial score (nSPS) is 10.8. The lowest BCUT2D eigenvalue weighted by Crippen LogP contribution is -2.35. The average Bonchev–Trinajstić information content (AvgIpc) is 3.60. The summed E-state index contributed by atoms with van der Waals surface area (Å²) in [5.41, 5.74) is 6.06. The van der Waals surface area contributed by atoms with Crippen LogP contribution < -0.4 is 4.57 Å². The molecule has 0 unspecified atom stereocenters. The summed E-state index contributed by atoms with van der Waals surface area (Å²) in [4.78, 5) is 25.3. The smallest absolute Gasteiger partial charge is 0.331 e. The van der Waals surface area contributed by atoms with E-state index in [1.165, 1.54) is 0 Å². The van der Waals surface area contributed by atoms with E-state index in [2.05, 4.69) is 55.0 Å². The molecule has 0 bridgehead atoms. The maximum Gasteiger partial charge on any atom is 0.449 e. The first-order valence-corrected chi connectivity index (χ1v) is 17.1. The van der Waals surface area contributed by atoms with Crippen molar-refractivity contribution in [1.82, 2.24) is 19.7 Å². The molecule has 266 valence electrons. The second kappa shape index (κ2) is 17.4. The van der Waals surface area contributed by atoms with E-state index in [4.69, 9.17) is 10.5 Å². The molecule has 0 aliphatic rings. The van der Waals surface area contributed by atoms with E-state index in [9.17, 15) is 22.8 Å². The Morgan fingerprint density at radius 3 is 2.08 bits per heavy atom. The number of pyridine rings is 1. The lowest BCUT2D eigenvalue weighted by atomic mass is 10.1. The van der Waals surface area contributed by atoms with Crippen LogP contribution in [0.4, 0.5) is 13.2 Å². The van der Waals surface area contributed by atoms with Gasteiger partial charge in [-0.2, -0.15) is 28.3 Å². The Kier molecular flexibility index (Phi) is 12.5. The van der Waals surface area contributed by atoms with Crippen molar-refractivity contribution >= 4 is 38.5 Å². The molecule has 0 saturated heterocycles. The number of hydrogen-bond acceptors (Lipinski definition) is 6. The molecule has 0 radical (unpaired) electrons. The predicted octanol–water partition coefficient (Wildman–Crippen LogP) is 7.34. The van der Waals surface area contributed by atoms with Crippen molar-refractivity contribution in [3.63, 3.8) is 0 Å². The Hall–Kier alpha value is -6.18. The lowest BCUT2D eigenvalue weighted by Gasteiger charge is -2.23. The number of fused-ring (bicyclic) bond motifs is 1. The van der Waals surface area contributed by atoms with E-state index in [1.807, 2.05) is 94.5 Å². The van der Waals surface area contributed by atoms with Gasteiger partial charge in [0.15, 0.2) is 18.6 Å². The number of nitrogens with zero attached hydrogens (tertiary/aromatic N) is 7. The first-order chi connectivity index (χ1) is 25.4. The molecule has 6 aromatic rings. The van der Waals surface area contributed by atoms with Gasteiger partial charge in [0.1, 0.15) is 6.33 Å². The number of nitriles is 2.